The molecule has 0 saturated carbocycles. The van der Waals surface area contributed by atoms with E-state index in [1.165, 1.54) is 13.2 Å². The molecule has 1 amide bonds. The quantitative estimate of drug-likeness (QED) is 0.552. The summed E-state index contributed by atoms with van der Waals surface area (Å²) in [5, 5.41) is 11.1. The van der Waals surface area contributed by atoms with Gasteiger partial charge in [-0.05, 0) is 28.7 Å². The molecular weight excluding hydrogens is 374 g/mol. The first-order valence-corrected chi connectivity index (χ1v) is 9.10. The van der Waals surface area contributed by atoms with E-state index in [1.54, 1.807) is 0 Å². The number of hydrogen-bond donors (Lipinski definition) is 2. The van der Waals surface area contributed by atoms with Gasteiger partial charge in [-0.3, -0.25) is 0 Å². The number of nitrogens with one attached hydrogen (secondary N) is 1. The van der Waals surface area contributed by atoms with Gasteiger partial charge in [0, 0.05) is 12.0 Å². The second-order valence-corrected chi connectivity index (χ2v) is 6.52. The number of alkyl carbamates (subject to hydrolysis) is 1. The third-order valence-corrected chi connectivity index (χ3v) is 4.75. The summed E-state index contributed by atoms with van der Waals surface area (Å²) < 4.78 is 10.0. The fraction of sp³-hybridized carbons (Fsp3) is 0.227. The largest absolute Gasteiger partial charge is 0.478 e. The van der Waals surface area contributed by atoms with Crippen LogP contribution in [0.1, 0.15) is 23.5 Å². The molecule has 2 aromatic rings. The number of rotatable bonds is 7. The zero-order valence-corrected chi connectivity index (χ0v) is 15.8. The van der Waals surface area contributed by atoms with Gasteiger partial charge in [0.1, 0.15) is 12.6 Å². The van der Waals surface area contributed by atoms with E-state index >= 15 is 0 Å². The van der Waals surface area contributed by atoms with Gasteiger partial charge in [-0.15, -0.1) is 0 Å². The van der Waals surface area contributed by atoms with Crippen molar-refractivity contribution < 1.29 is 29.0 Å². The predicted molar refractivity (Wildman–Crippen MR) is 105 cm³/mol. The Balaban J connectivity index is 1.67. The van der Waals surface area contributed by atoms with Gasteiger partial charge < -0.3 is 19.9 Å². The van der Waals surface area contributed by atoms with Gasteiger partial charge in [0.15, 0.2) is 0 Å². The van der Waals surface area contributed by atoms with Crippen LogP contribution in [-0.4, -0.2) is 42.9 Å². The Morgan fingerprint density at radius 2 is 1.66 bits per heavy atom. The minimum absolute atomic E-state index is 0.0246. The van der Waals surface area contributed by atoms with Crippen LogP contribution in [0.4, 0.5) is 4.79 Å². The molecular formula is C22H21NO6. The van der Waals surface area contributed by atoms with E-state index in [-0.39, 0.29) is 18.9 Å². The highest BCUT2D eigenvalue weighted by molar-refractivity contribution is 5.83. The Kier molecular flexibility index (Phi) is 6.29. The topological polar surface area (TPSA) is 102 Å². The molecule has 3 rings (SSSR count). The zero-order valence-electron chi connectivity index (χ0n) is 15.8. The lowest BCUT2D eigenvalue weighted by atomic mass is 9.98. The molecule has 0 fully saturated rings. The van der Waals surface area contributed by atoms with Crippen molar-refractivity contribution in [1.29, 1.82) is 0 Å². The summed E-state index contributed by atoms with van der Waals surface area (Å²) in [7, 11) is 1.19. The number of benzene rings is 2. The van der Waals surface area contributed by atoms with Gasteiger partial charge in [-0.25, -0.2) is 14.4 Å². The highest BCUT2D eigenvalue weighted by atomic mass is 16.6. The Morgan fingerprint density at radius 1 is 1.07 bits per heavy atom. The number of ether oxygens (including phenoxy) is 2. The van der Waals surface area contributed by atoms with E-state index in [0.717, 1.165) is 28.3 Å². The molecule has 0 saturated heterocycles. The Bertz CT molecular complexity index is 906. The van der Waals surface area contributed by atoms with Gasteiger partial charge in [0.05, 0.1) is 7.11 Å². The fourth-order valence-corrected chi connectivity index (χ4v) is 3.44. The molecule has 150 valence electrons. The fourth-order valence-electron chi connectivity index (χ4n) is 3.44. The molecule has 1 aliphatic rings. The smallest absolute Gasteiger partial charge is 0.407 e. The molecule has 1 aliphatic carbocycles. The molecule has 0 unspecified atom stereocenters. The first-order valence-electron chi connectivity index (χ1n) is 9.10. The lowest BCUT2D eigenvalue weighted by Crippen LogP contribution is -2.41. The molecule has 0 radical (unpaired) electrons. The number of esters is 1. The highest BCUT2D eigenvalue weighted by Gasteiger charge is 2.29. The predicted octanol–water partition coefficient (Wildman–Crippen LogP) is 3.10. The summed E-state index contributed by atoms with van der Waals surface area (Å²) in [5.41, 5.74) is 4.39. The zero-order chi connectivity index (χ0) is 20.8. The summed E-state index contributed by atoms with van der Waals surface area (Å²) >= 11 is 0. The summed E-state index contributed by atoms with van der Waals surface area (Å²) in [6.45, 7) is 0.110. The van der Waals surface area contributed by atoms with E-state index in [1.807, 2.05) is 48.5 Å². The number of carboxylic acids is 1. The SMILES string of the molecule is COC(=O)[C@H](C/C=C/C(=O)O)NC(=O)OCC1c2ccccc2-c2ccccc21. The molecule has 7 heteroatoms. The van der Waals surface area contributed by atoms with Crippen LogP contribution in [-0.2, 0) is 19.1 Å². The number of fused-ring (bicyclic) bond motifs is 3. The van der Waals surface area contributed by atoms with Crippen LogP contribution in [0.2, 0.25) is 0 Å². The molecule has 7 nitrogen and oxygen atoms in total. The van der Waals surface area contributed by atoms with E-state index in [2.05, 4.69) is 10.1 Å². The van der Waals surface area contributed by atoms with Crippen molar-refractivity contribution >= 4 is 18.0 Å². The van der Waals surface area contributed by atoms with Crippen LogP contribution in [0.3, 0.4) is 0 Å². The first-order chi connectivity index (χ1) is 14.0. The van der Waals surface area contributed by atoms with Gasteiger partial charge in [-0.1, -0.05) is 54.6 Å². The minimum atomic E-state index is -1.14. The Hall–Kier alpha value is -3.61. The van der Waals surface area contributed by atoms with Crippen molar-refractivity contribution in [2.24, 2.45) is 0 Å². The van der Waals surface area contributed by atoms with Crippen molar-refractivity contribution in [3.05, 3.63) is 71.8 Å². The third kappa shape index (κ3) is 4.63. The first kappa shape index (κ1) is 20.1. The Morgan fingerprint density at radius 3 is 2.21 bits per heavy atom. The number of carboxylic acid groups (broad SMARTS) is 1. The van der Waals surface area contributed by atoms with E-state index in [9.17, 15) is 14.4 Å². The maximum Gasteiger partial charge on any atom is 0.407 e. The standard InChI is InChI=1S/C22H21NO6/c1-28-21(26)19(11-6-12-20(24)25)23-22(27)29-13-18-16-9-4-2-7-14(16)15-8-3-5-10-17(15)18/h2-10,12,18-19H,11,13H2,1H3,(H,23,27)(H,24,25)/b12-6+/t19-/m0/s1. The minimum Gasteiger partial charge on any atom is -0.478 e. The van der Waals surface area contributed by atoms with E-state index in [4.69, 9.17) is 9.84 Å². The lowest BCUT2D eigenvalue weighted by molar-refractivity contribution is -0.143. The van der Waals surface area contributed by atoms with Crippen LogP contribution in [0, 0.1) is 0 Å². The second kappa shape index (κ2) is 9.05. The number of carbonyl (C=O) groups is 3. The van der Waals surface area contributed by atoms with Crippen molar-refractivity contribution in [2.45, 2.75) is 18.4 Å². The van der Waals surface area contributed by atoms with Gasteiger partial charge in [-0.2, -0.15) is 0 Å². The summed E-state index contributed by atoms with van der Waals surface area (Å²) in [4.78, 5) is 34.7. The molecule has 0 spiro atoms. The Labute approximate surface area is 167 Å². The third-order valence-electron chi connectivity index (χ3n) is 4.75. The molecule has 0 bridgehead atoms. The normalized spacial score (nSPS) is 13.4. The van der Waals surface area contributed by atoms with Crippen molar-refractivity contribution in [3.8, 4) is 11.1 Å². The van der Waals surface area contributed by atoms with Crippen LogP contribution < -0.4 is 5.32 Å². The lowest BCUT2D eigenvalue weighted by Gasteiger charge is -2.17. The average molecular weight is 395 g/mol. The molecule has 0 aliphatic heterocycles. The number of hydrogen-bond acceptors (Lipinski definition) is 5. The van der Waals surface area contributed by atoms with Crippen molar-refractivity contribution in [1.82, 2.24) is 5.32 Å². The molecule has 2 aromatic carbocycles. The number of methoxy groups -OCH3 is 1. The van der Waals surface area contributed by atoms with Crippen LogP contribution in [0.15, 0.2) is 60.7 Å². The molecule has 1 atom stereocenters. The van der Waals surface area contributed by atoms with Gasteiger partial charge in [0.2, 0.25) is 0 Å². The maximum absolute atomic E-state index is 12.3. The van der Waals surface area contributed by atoms with Gasteiger partial charge >= 0.3 is 18.0 Å². The summed E-state index contributed by atoms with van der Waals surface area (Å²) in [5.74, 6) is -1.93. The van der Waals surface area contributed by atoms with Crippen LogP contribution >= 0.6 is 0 Å². The highest BCUT2D eigenvalue weighted by Crippen LogP contribution is 2.44. The van der Waals surface area contributed by atoms with E-state index < -0.39 is 24.1 Å². The summed E-state index contributed by atoms with van der Waals surface area (Å²) in [6.07, 6.45) is 1.37. The van der Waals surface area contributed by atoms with Crippen LogP contribution in [0.25, 0.3) is 11.1 Å². The van der Waals surface area contributed by atoms with Crippen LogP contribution in [0.5, 0.6) is 0 Å². The molecule has 0 aromatic heterocycles. The molecule has 2 N–H and O–H groups in total. The average Bonchev–Trinajstić information content (AvgIpc) is 3.04. The van der Waals surface area contributed by atoms with Crippen molar-refractivity contribution in [2.75, 3.05) is 13.7 Å². The monoisotopic (exact) mass is 395 g/mol. The van der Waals surface area contributed by atoms with E-state index in [0.29, 0.717) is 0 Å². The summed E-state index contributed by atoms with van der Waals surface area (Å²) in [6, 6.07) is 14.9. The number of aliphatic carboxylic acids is 1. The maximum atomic E-state index is 12.3. The number of carbonyl (C=O) groups excluding carboxylic acids is 2. The number of amides is 1. The second-order valence-electron chi connectivity index (χ2n) is 6.52. The molecule has 0 heterocycles. The van der Waals surface area contributed by atoms with Gasteiger partial charge in [0.25, 0.3) is 0 Å². The van der Waals surface area contributed by atoms with Crippen molar-refractivity contribution in [3.63, 3.8) is 0 Å². The molecule has 29 heavy (non-hydrogen) atoms.